The monoisotopic (exact) mass is 497 g/mol. The number of anilines is 1. The Kier molecular flexibility index (Phi) is 9.33. The van der Waals surface area contributed by atoms with Crippen molar-refractivity contribution in [2.45, 2.75) is 32.9 Å². The summed E-state index contributed by atoms with van der Waals surface area (Å²) < 4.78 is 31.9. The van der Waals surface area contributed by atoms with E-state index in [-0.39, 0.29) is 12.4 Å². The molecule has 1 atom stereocenters. The SMILES string of the molecule is CC(C)CCN(Cc1c(-c2ccccc2F)noc1N1CCOCC1)CC(O)COc1ccccc1. The Labute approximate surface area is 212 Å². The summed E-state index contributed by atoms with van der Waals surface area (Å²) in [7, 11) is 0. The molecule has 1 fully saturated rings. The number of benzene rings is 2. The van der Waals surface area contributed by atoms with Gasteiger partial charge in [-0.25, -0.2) is 4.39 Å². The van der Waals surface area contributed by atoms with Gasteiger partial charge in [0.1, 0.15) is 30.0 Å². The zero-order chi connectivity index (χ0) is 25.3. The number of morpholine rings is 1. The molecule has 8 heteroatoms. The number of nitrogens with zero attached hydrogens (tertiary/aromatic N) is 3. The maximum Gasteiger partial charge on any atom is 0.232 e. The molecule has 7 nitrogen and oxygen atoms in total. The molecule has 0 aliphatic carbocycles. The fraction of sp³-hybridized carbons (Fsp3) is 0.464. The number of aliphatic hydroxyl groups is 1. The lowest BCUT2D eigenvalue weighted by atomic mass is 10.0. The number of rotatable bonds is 12. The molecule has 3 aromatic rings. The number of ether oxygens (including phenoxy) is 2. The first-order valence-corrected chi connectivity index (χ1v) is 12.7. The van der Waals surface area contributed by atoms with Crippen molar-refractivity contribution in [1.29, 1.82) is 0 Å². The molecule has 2 heterocycles. The summed E-state index contributed by atoms with van der Waals surface area (Å²) in [5.74, 6) is 1.52. The topological polar surface area (TPSA) is 71.2 Å². The van der Waals surface area contributed by atoms with Crippen LogP contribution in [-0.2, 0) is 11.3 Å². The molecule has 1 unspecified atom stereocenters. The normalized spacial score (nSPS) is 15.0. The summed E-state index contributed by atoms with van der Waals surface area (Å²) in [6.45, 7) is 8.74. The van der Waals surface area contributed by atoms with Crippen molar-refractivity contribution in [3.8, 4) is 17.0 Å². The van der Waals surface area contributed by atoms with Crippen LogP contribution in [0.1, 0.15) is 25.8 Å². The standard InChI is InChI=1S/C28H36FN3O4/c1-21(2)12-13-31(18-22(33)20-35-23-8-4-3-5-9-23)19-25-27(24-10-6-7-11-26(24)29)30-36-28(25)32-14-16-34-17-15-32/h3-11,21-22,33H,12-20H2,1-2H3. The van der Waals surface area contributed by atoms with Crippen LogP contribution in [0.25, 0.3) is 11.3 Å². The van der Waals surface area contributed by atoms with Gasteiger partial charge < -0.3 is 24.0 Å². The molecule has 36 heavy (non-hydrogen) atoms. The molecular weight excluding hydrogens is 461 g/mol. The first kappa shape index (κ1) is 26.1. The molecule has 0 spiro atoms. The van der Waals surface area contributed by atoms with Crippen LogP contribution in [0.15, 0.2) is 59.1 Å². The van der Waals surface area contributed by atoms with Crippen molar-refractivity contribution in [3.05, 3.63) is 66.0 Å². The van der Waals surface area contributed by atoms with Crippen molar-refractivity contribution < 1.29 is 23.5 Å². The third kappa shape index (κ3) is 7.06. The van der Waals surface area contributed by atoms with Crippen molar-refractivity contribution in [2.24, 2.45) is 5.92 Å². The summed E-state index contributed by atoms with van der Waals surface area (Å²) >= 11 is 0. The summed E-state index contributed by atoms with van der Waals surface area (Å²) in [6.07, 6.45) is 0.264. The second kappa shape index (κ2) is 12.9. The molecule has 1 aromatic heterocycles. The van der Waals surface area contributed by atoms with Gasteiger partial charge in [-0.2, -0.15) is 0 Å². The fourth-order valence-electron chi connectivity index (χ4n) is 4.28. The van der Waals surface area contributed by atoms with Gasteiger partial charge in [-0.05, 0) is 43.1 Å². The molecular formula is C28H36FN3O4. The minimum atomic E-state index is -0.694. The second-order valence-corrected chi connectivity index (χ2v) is 9.59. The molecule has 1 N–H and O–H groups in total. The number of aromatic nitrogens is 1. The van der Waals surface area contributed by atoms with E-state index in [1.807, 2.05) is 30.3 Å². The lowest BCUT2D eigenvalue weighted by molar-refractivity contribution is 0.0639. The van der Waals surface area contributed by atoms with Gasteiger partial charge >= 0.3 is 0 Å². The highest BCUT2D eigenvalue weighted by atomic mass is 19.1. The van der Waals surface area contributed by atoms with Gasteiger partial charge in [-0.1, -0.05) is 49.3 Å². The van der Waals surface area contributed by atoms with Gasteiger partial charge in [0.2, 0.25) is 5.88 Å². The Morgan fingerprint density at radius 1 is 1.08 bits per heavy atom. The third-order valence-corrected chi connectivity index (χ3v) is 6.25. The Morgan fingerprint density at radius 2 is 1.81 bits per heavy atom. The molecule has 1 aliphatic rings. The first-order valence-electron chi connectivity index (χ1n) is 12.7. The number of hydrogen-bond acceptors (Lipinski definition) is 7. The largest absolute Gasteiger partial charge is 0.491 e. The van der Waals surface area contributed by atoms with Crippen LogP contribution in [0.5, 0.6) is 5.75 Å². The number of hydrogen-bond donors (Lipinski definition) is 1. The van der Waals surface area contributed by atoms with E-state index in [0.717, 1.165) is 24.3 Å². The highest BCUT2D eigenvalue weighted by molar-refractivity contribution is 5.69. The van der Waals surface area contributed by atoms with E-state index in [9.17, 15) is 9.50 Å². The first-order chi connectivity index (χ1) is 17.5. The Morgan fingerprint density at radius 3 is 2.53 bits per heavy atom. The van der Waals surface area contributed by atoms with E-state index in [4.69, 9.17) is 14.0 Å². The van der Waals surface area contributed by atoms with E-state index < -0.39 is 6.10 Å². The lowest BCUT2D eigenvalue weighted by Gasteiger charge is -2.29. The van der Waals surface area contributed by atoms with Gasteiger partial charge in [-0.15, -0.1) is 0 Å². The maximum absolute atomic E-state index is 14.8. The van der Waals surface area contributed by atoms with Crippen molar-refractivity contribution >= 4 is 5.88 Å². The summed E-state index contributed by atoms with van der Waals surface area (Å²) in [4.78, 5) is 4.28. The molecule has 0 saturated carbocycles. The lowest BCUT2D eigenvalue weighted by Crippen LogP contribution is -2.38. The van der Waals surface area contributed by atoms with Crippen molar-refractivity contribution in [2.75, 3.05) is 50.9 Å². The third-order valence-electron chi connectivity index (χ3n) is 6.25. The molecule has 0 bridgehead atoms. The summed E-state index contributed by atoms with van der Waals surface area (Å²) in [5.41, 5.74) is 1.73. The Bertz CT molecular complexity index is 1070. The van der Waals surface area contributed by atoms with Crippen LogP contribution >= 0.6 is 0 Å². The fourth-order valence-corrected chi connectivity index (χ4v) is 4.28. The number of halogens is 1. The molecule has 0 radical (unpaired) electrons. The predicted molar refractivity (Wildman–Crippen MR) is 138 cm³/mol. The highest BCUT2D eigenvalue weighted by Gasteiger charge is 2.27. The Balaban J connectivity index is 1.57. The van der Waals surface area contributed by atoms with Gasteiger partial charge in [0.25, 0.3) is 0 Å². The Hall–Kier alpha value is -2.94. The molecule has 194 valence electrons. The second-order valence-electron chi connectivity index (χ2n) is 9.59. The van der Waals surface area contributed by atoms with Crippen LogP contribution < -0.4 is 9.64 Å². The maximum atomic E-state index is 14.8. The summed E-state index contributed by atoms with van der Waals surface area (Å²) in [5, 5.41) is 15.1. The van der Waals surface area contributed by atoms with Crippen LogP contribution in [0.3, 0.4) is 0 Å². The molecule has 0 amide bonds. The summed E-state index contributed by atoms with van der Waals surface area (Å²) in [6, 6.07) is 16.1. The minimum absolute atomic E-state index is 0.183. The smallest absolute Gasteiger partial charge is 0.232 e. The van der Waals surface area contributed by atoms with E-state index in [0.29, 0.717) is 62.5 Å². The quantitative estimate of drug-likeness (QED) is 0.392. The molecule has 1 saturated heterocycles. The van der Waals surface area contributed by atoms with E-state index in [1.165, 1.54) is 6.07 Å². The average Bonchev–Trinajstić information content (AvgIpc) is 3.30. The van der Waals surface area contributed by atoms with Gasteiger partial charge in [-0.3, -0.25) is 4.90 Å². The van der Waals surface area contributed by atoms with Crippen LogP contribution in [0.2, 0.25) is 0 Å². The van der Waals surface area contributed by atoms with Crippen LogP contribution in [0, 0.1) is 11.7 Å². The van der Waals surface area contributed by atoms with E-state index >= 15 is 0 Å². The van der Waals surface area contributed by atoms with E-state index in [2.05, 4.69) is 28.8 Å². The zero-order valence-electron chi connectivity index (χ0n) is 21.1. The van der Waals surface area contributed by atoms with Gasteiger partial charge in [0, 0.05) is 31.7 Å². The number of aliphatic hydroxyl groups excluding tert-OH is 1. The minimum Gasteiger partial charge on any atom is -0.491 e. The van der Waals surface area contributed by atoms with Crippen LogP contribution in [-0.4, -0.2) is 67.3 Å². The number of para-hydroxylation sites is 1. The molecule has 2 aromatic carbocycles. The van der Waals surface area contributed by atoms with E-state index in [1.54, 1.807) is 18.2 Å². The van der Waals surface area contributed by atoms with Gasteiger partial charge in [0.05, 0.1) is 18.8 Å². The van der Waals surface area contributed by atoms with Crippen LogP contribution in [0.4, 0.5) is 10.3 Å². The van der Waals surface area contributed by atoms with Gasteiger partial charge in [0.15, 0.2) is 0 Å². The van der Waals surface area contributed by atoms with Crippen molar-refractivity contribution in [1.82, 2.24) is 10.1 Å². The molecule has 1 aliphatic heterocycles. The zero-order valence-corrected chi connectivity index (χ0v) is 21.1. The highest BCUT2D eigenvalue weighted by Crippen LogP contribution is 2.34. The molecule has 4 rings (SSSR count). The van der Waals surface area contributed by atoms with Crippen molar-refractivity contribution in [3.63, 3.8) is 0 Å². The predicted octanol–water partition coefficient (Wildman–Crippen LogP) is 4.61. The average molecular weight is 498 g/mol.